The molecule has 1 unspecified atom stereocenters. The minimum absolute atomic E-state index is 0.253. The van der Waals surface area contributed by atoms with Crippen LogP contribution in [-0.2, 0) is 4.74 Å². The van der Waals surface area contributed by atoms with Crippen LogP contribution >= 0.6 is 0 Å². The molecule has 17 heavy (non-hydrogen) atoms. The van der Waals surface area contributed by atoms with Crippen molar-refractivity contribution in [2.45, 2.75) is 25.5 Å². The molecule has 4 heteroatoms. The molecule has 0 aliphatic heterocycles. The summed E-state index contributed by atoms with van der Waals surface area (Å²) in [7, 11) is 4.88. The molecule has 0 aliphatic rings. The fraction of sp³-hybridized carbons (Fsp3) is 0.538. The van der Waals surface area contributed by atoms with Crippen LogP contribution in [0.1, 0.15) is 25.5 Å². The summed E-state index contributed by atoms with van der Waals surface area (Å²) < 4.78 is 15.8. The Morgan fingerprint density at radius 1 is 1.00 bits per heavy atom. The predicted octanol–water partition coefficient (Wildman–Crippen LogP) is 2.13. The highest BCUT2D eigenvalue weighted by Crippen LogP contribution is 2.31. The van der Waals surface area contributed by atoms with E-state index in [0.29, 0.717) is 0 Å². The van der Waals surface area contributed by atoms with Crippen molar-refractivity contribution in [3.63, 3.8) is 0 Å². The molecule has 0 fully saturated rings. The Hall–Kier alpha value is -1.26. The smallest absolute Gasteiger partial charge is 0.122 e. The molecule has 0 bridgehead atoms. The van der Waals surface area contributed by atoms with Gasteiger partial charge in [0.1, 0.15) is 11.5 Å². The lowest BCUT2D eigenvalue weighted by atomic mass is 9.92. The Morgan fingerprint density at radius 3 is 1.82 bits per heavy atom. The largest absolute Gasteiger partial charge is 0.497 e. The van der Waals surface area contributed by atoms with Gasteiger partial charge < -0.3 is 19.9 Å². The number of ether oxygens (including phenoxy) is 3. The SMILES string of the molecule is COc1cc(OC)cc(C(N)C(C)(C)OC)c1. The zero-order valence-corrected chi connectivity index (χ0v) is 11.1. The molecule has 1 atom stereocenters. The average Bonchev–Trinajstić information content (AvgIpc) is 2.36. The van der Waals surface area contributed by atoms with E-state index in [2.05, 4.69) is 0 Å². The molecule has 2 N–H and O–H groups in total. The number of methoxy groups -OCH3 is 3. The van der Waals surface area contributed by atoms with Gasteiger partial charge in [-0.1, -0.05) is 0 Å². The van der Waals surface area contributed by atoms with Crippen LogP contribution in [0.4, 0.5) is 0 Å². The highest BCUT2D eigenvalue weighted by molar-refractivity contribution is 5.40. The van der Waals surface area contributed by atoms with Crippen LogP contribution in [0.3, 0.4) is 0 Å². The first-order valence-electron chi connectivity index (χ1n) is 5.48. The van der Waals surface area contributed by atoms with E-state index in [1.165, 1.54) is 0 Å². The Balaban J connectivity index is 3.12. The van der Waals surface area contributed by atoms with Crippen molar-refractivity contribution >= 4 is 0 Å². The number of benzene rings is 1. The molecule has 0 spiro atoms. The third kappa shape index (κ3) is 3.11. The van der Waals surface area contributed by atoms with Crippen molar-refractivity contribution in [2.75, 3.05) is 21.3 Å². The Bertz CT molecular complexity index is 355. The van der Waals surface area contributed by atoms with E-state index in [-0.39, 0.29) is 6.04 Å². The van der Waals surface area contributed by atoms with Crippen molar-refractivity contribution in [1.29, 1.82) is 0 Å². The van der Waals surface area contributed by atoms with Gasteiger partial charge in [-0.15, -0.1) is 0 Å². The van der Waals surface area contributed by atoms with E-state index in [4.69, 9.17) is 19.9 Å². The summed E-state index contributed by atoms with van der Waals surface area (Å²) in [4.78, 5) is 0. The van der Waals surface area contributed by atoms with Gasteiger partial charge in [-0.25, -0.2) is 0 Å². The quantitative estimate of drug-likeness (QED) is 0.855. The molecule has 4 nitrogen and oxygen atoms in total. The van der Waals surface area contributed by atoms with Crippen LogP contribution < -0.4 is 15.2 Å². The molecule has 0 saturated heterocycles. The maximum atomic E-state index is 6.19. The van der Waals surface area contributed by atoms with Crippen molar-refractivity contribution in [1.82, 2.24) is 0 Å². The minimum Gasteiger partial charge on any atom is -0.497 e. The van der Waals surface area contributed by atoms with Gasteiger partial charge in [0.25, 0.3) is 0 Å². The second-order valence-electron chi connectivity index (χ2n) is 4.43. The van der Waals surface area contributed by atoms with E-state index in [0.717, 1.165) is 17.1 Å². The van der Waals surface area contributed by atoms with E-state index in [1.54, 1.807) is 21.3 Å². The summed E-state index contributed by atoms with van der Waals surface area (Å²) >= 11 is 0. The third-order valence-corrected chi connectivity index (χ3v) is 3.01. The molecule has 1 aromatic carbocycles. The monoisotopic (exact) mass is 239 g/mol. The molecule has 0 aliphatic carbocycles. The molecule has 0 radical (unpaired) electrons. The first-order valence-corrected chi connectivity index (χ1v) is 5.48. The molecule has 1 aromatic rings. The summed E-state index contributed by atoms with van der Waals surface area (Å²) in [6, 6.07) is 5.36. The van der Waals surface area contributed by atoms with Crippen molar-refractivity contribution in [3.8, 4) is 11.5 Å². The van der Waals surface area contributed by atoms with Gasteiger partial charge >= 0.3 is 0 Å². The van der Waals surface area contributed by atoms with E-state index < -0.39 is 5.60 Å². The number of nitrogens with two attached hydrogens (primary N) is 1. The molecular formula is C13H21NO3. The zero-order chi connectivity index (χ0) is 13.1. The topological polar surface area (TPSA) is 53.7 Å². The lowest BCUT2D eigenvalue weighted by Gasteiger charge is -2.30. The van der Waals surface area contributed by atoms with E-state index >= 15 is 0 Å². The van der Waals surface area contributed by atoms with Crippen LogP contribution in [0.15, 0.2) is 18.2 Å². The normalized spacial score (nSPS) is 13.3. The summed E-state index contributed by atoms with van der Waals surface area (Å²) in [6.45, 7) is 3.90. The standard InChI is InChI=1S/C13H21NO3/c1-13(2,17-5)12(14)9-6-10(15-3)8-11(7-9)16-4/h6-8,12H,14H2,1-5H3. The molecule has 0 aromatic heterocycles. The number of rotatable bonds is 5. The van der Waals surface area contributed by atoms with Crippen LogP contribution in [0, 0.1) is 0 Å². The maximum absolute atomic E-state index is 6.19. The van der Waals surface area contributed by atoms with Crippen molar-refractivity contribution < 1.29 is 14.2 Å². The lowest BCUT2D eigenvalue weighted by Crippen LogP contribution is -2.37. The van der Waals surface area contributed by atoms with Crippen molar-refractivity contribution in [3.05, 3.63) is 23.8 Å². The molecule has 1 rings (SSSR count). The number of hydrogen-bond donors (Lipinski definition) is 1. The summed E-state index contributed by atoms with van der Waals surface area (Å²) in [5.41, 5.74) is 6.67. The first-order chi connectivity index (χ1) is 7.94. The molecule has 96 valence electrons. The first kappa shape index (κ1) is 13.8. The van der Waals surface area contributed by atoms with E-state index in [9.17, 15) is 0 Å². The van der Waals surface area contributed by atoms with Crippen LogP contribution in [0.5, 0.6) is 11.5 Å². The van der Waals surface area contributed by atoms with Gasteiger partial charge in [0.2, 0.25) is 0 Å². The van der Waals surface area contributed by atoms with Crippen LogP contribution in [0.25, 0.3) is 0 Å². The summed E-state index contributed by atoms with van der Waals surface area (Å²) in [5, 5.41) is 0. The zero-order valence-electron chi connectivity index (χ0n) is 11.1. The van der Waals surface area contributed by atoms with Gasteiger partial charge in [0.05, 0.1) is 25.9 Å². The maximum Gasteiger partial charge on any atom is 0.122 e. The second kappa shape index (κ2) is 5.38. The number of hydrogen-bond acceptors (Lipinski definition) is 4. The second-order valence-corrected chi connectivity index (χ2v) is 4.43. The lowest BCUT2D eigenvalue weighted by molar-refractivity contribution is -0.000102. The Labute approximate surface area is 103 Å². The Morgan fingerprint density at radius 2 is 1.47 bits per heavy atom. The van der Waals surface area contributed by atoms with E-state index in [1.807, 2.05) is 32.0 Å². The van der Waals surface area contributed by atoms with Gasteiger partial charge in [-0.05, 0) is 31.5 Å². The molecule has 0 heterocycles. The molecule has 0 saturated carbocycles. The minimum atomic E-state index is -0.447. The van der Waals surface area contributed by atoms with Crippen LogP contribution in [0.2, 0.25) is 0 Å². The molecular weight excluding hydrogens is 218 g/mol. The average molecular weight is 239 g/mol. The highest BCUT2D eigenvalue weighted by atomic mass is 16.5. The van der Waals surface area contributed by atoms with Crippen LogP contribution in [-0.4, -0.2) is 26.9 Å². The fourth-order valence-electron chi connectivity index (χ4n) is 1.54. The summed E-state index contributed by atoms with van der Waals surface area (Å²) in [5.74, 6) is 1.45. The highest BCUT2D eigenvalue weighted by Gasteiger charge is 2.28. The van der Waals surface area contributed by atoms with Crippen molar-refractivity contribution in [2.24, 2.45) is 5.73 Å². The Kier molecular flexibility index (Phi) is 4.37. The third-order valence-electron chi connectivity index (χ3n) is 3.01. The predicted molar refractivity (Wildman–Crippen MR) is 67.6 cm³/mol. The van der Waals surface area contributed by atoms with Gasteiger partial charge in [-0.3, -0.25) is 0 Å². The van der Waals surface area contributed by atoms with Gasteiger partial charge in [0.15, 0.2) is 0 Å². The van der Waals surface area contributed by atoms with Gasteiger partial charge in [-0.2, -0.15) is 0 Å². The fourth-order valence-corrected chi connectivity index (χ4v) is 1.54. The van der Waals surface area contributed by atoms with Gasteiger partial charge in [0, 0.05) is 13.2 Å². The molecule has 0 amide bonds. The summed E-state index contributed by atoms with van der Waals surface area (Å²) in [6.07, 6.45) is 0.